The topological polar surface area (TPSA) is 79.1 Å². The van der Waals surface area contributed by atoms with Gasteiger partial charge in [-0.3, -0.25) is 9.20 Å². The first-order valence-corrected chi connectivity index (χ1v) is 8.68. The van der Waals surface area contributed by atoms with Crippen molar-refractivity contribution in [3.63, 3.8) is 0 Å². The molecule has 3 heterocycles. The molecule has 0 atom stereocenters. The van der Waals surface area contributed by atoms with Crippen molar-refractivity contribution in [3.8, 4) is 0 Å². The molecule has 0 radical (unpaired) electrons. The Labute approximate surface area is 140 Å². The Morgan fingerprint density at radius 2 is 2.13 bits per heavy atom. The molecule has 1 aliphatic heterocycles. The minimum Gasteiger partial charge on any atom is -0.321 e. The summed E-state index contributed by atoms with van der Waals surface area (Å²) in [5, 5.41) is 9.97. The second-order valence-corrected chi connectivity index (χ2v) is 7.01. The average Bonchev–Trinajstić information content (AvgIpc) is 3.15. The fourth-order valence-electron chi connectivity index (χ4n) is 3.21. The largest absolute Gasteiger partial charge is 0.346 e. The molecule has 1 N–H and O–H groups in total. The van der Waals surface area contributed by atoms with E-state index in [0.29, 0.717) is 23.7 Å². The predicted molar refractivity (Wildman–Crippen MR) is 86.9 cm³/mol. The third kappa shape index (κ3) is 2.24. The predicted octanol–water partition coefficient (Wildman–Crippen LogP) is 2.64. The van der Waals surface area contributed by atoms with Gasteiger partial charge in [0.05, 0.1) is 6.21 Å². The zero-order chi connectivity index (χ0) is 16.0. The molecule has 23 heavy (non-hydrogen) atoms. The summed E-state index contributed by atoms with van der Waals surface area (Å²) in [6.45, 7) is 0. The Morgan fingerprint density at radius 1 is 1.35 bits per heavy atom. The highest BCUT2D eigenvalue weighted by molar-refractivity contribution is 7.15. The molecule has 1 saturated carbocycles. The van der Waals surface area contributed by atoms with Gasteiger partial charge in [0, 0.05) is 11.6 Å². The normalized spacial score (nSPS) is 21.0. The number of nitrogens with zero attached hydrogens (tertiary/aromatic N) is 4. The highest BCUT2D eigenvalue weighted by Gasteiger charge is 2.51. The van der Waals surface area contributed by atoms with Gasteiger partial charge < -0.3 is 5.32 Å². The smallest absolute Gasteiger partial charge is 0.321 e. The van der Waals surface area contributed by atoms with Gasteiger partial charge in [0.25, 0.3) is 5.91 Å². The van der Waals surface area contributed by atoms with Gasteiger partial charge in [0.2, 0.25) is 0 Å². The lowest BCUT2D eigenvalue weighted by atomic mass is 9.82. The molecule has 7 nitrogen and oxygen atoms in total. The third-order valence-corrected chi connectivity index (χ3v) is 5.43. The number of imidazole rings is 1. The van der Waals surface area contributed by atoms with Crippen molar-refractivity contribution < 1.29 is 9.59 Å². The molecule has 1 aliphatic carbocycles. The molecule has 1 spiro atoms. The summed E-state index contributed by atoms with van der Waals surface area (Å²) in [6.07, 6.45) is 7.54. The number of hydrogen-bond acceptors (Lipinski definition) is 5. The molecule has 0 bridgehead atoms. The van der Waals surface area contributed by atoms with Crippen LogP contribution in [0, 0.1) is 0 Å². The fourth-order valence-corrected chi connectivity index (χ4v) is 4.20. The van der Waals surface area contributed by atoms with E-state index in [0.717, 1.165) is 29.2 Å². The molecular formula is C14H14ClN5O2S. The van der Waals surface area contributed by atoms with E-state index in [2.05, 4.69) is 15.4 Å². The maximum atomic E-state index is 12.6. The van der Waals surface area contributed by atoms with Crippen LogP contribution in [-0.2, 0) is 4.79 Å². The lowest BCUT2D eigenvalue weighted by Gasteiger charge is -2.29. The lowest BCUT2D eigenvalue weighted by molar-refractivity contribution is -0.132. The van der Waals surface area contributed by atoms with Gasteiger partial charge in [-0.15, -0.1) is 16.3 Å². The van der Waals surface area contributed by atoms with E-state index in [4.69, 9.17) is 11.6 Å². The highest BCUT2D eigenvalue weighted by atomic mass is 35.5. The van der Waals surface area contributed by atoms with Crippen LogP contribution >= 0.6 is 22.9 Å². The van der Waals surface area contributed by atoms with Crippen LogP contribution in [0.2, 0.25) is 5.15 Å². The molecule has 1 saturated heterocycles. The van der Waals surface area contributed by atoms with Gasteiger partial charge in [0.1, 0.15) is 11.2 Å². The van der Waals surface area contributed by atoms with Crippen molar-refractivity contribution in [1.29, 1.82) is 0 Å². The number of imide groups is 1. The second kappa shape index (κ2) is 5.31. The van der Waals surface area contributed by atoms with E-state index < -0.39 is 11.6 Å². The number of hydrazone groups is 1. The molecule has 2 aliphatic rings. The Morgan fingerprint density at radius 3 is 2.91 bits per heavy atom. The number of thiazole rings is 1. The van der Waals surface area contributed by atoms with Crippen LogP contribution in [0.4, 0.5) is 4.79 Å². The van der Waals surface area contributed by atoms with Crippen LogP contribution in [0.5, 0.6) is 0 Å². The number of rotatable bonds is 2. The third-order valence-electron chi connectivity index (χ3n) is 4.40. The van der Waals surface area contributed by atoms with E-state index in [9.17, 15) is 9.59 Å². The van der Waals surface area contributed by atoms with Crippen molar-refractivity contribution in [2.75, 3.05) is 0 Å². The van der Waals surface area contributed by atoms with Crippen molar-refractivity contribution in [2.45, 2.75) is 37.6 Å². The number of nitrogens with one attached hydrogen (secondary N) is 1. The van der Waals surface area contributed by atoms with Gasteiger partial charge >= 0.3 is 6.03 Å². The summed E-state index contributed by atoms with van der Waals surface area (Å²) in [5.74, 6) is -0.277. The number of carbonyl (C=O) groups excluding carboxylic acids is 2. The Balaban J connectivity index is 1.63. The van der Waals surface area contributed by atoms with Crippen LogP contribution in [0.1, 0.15) is 37.8 Å². The van der Waals surface area contributed by atoms with Crippen LogP contribution < -0.4 is 5.32 Å². The summed E-state index contributed by atoms with van der Waals surface area (Å²) < 4.78 is 1.77. The van der Waals surface area contributed by atoms with E-state index in [-0.39, 0.29) is 5.91 Å². The number of amides is 3. The number of hydrogen-bond donors (Lipinski definition) is 1. The minimum absolute atomic E-state index is 0.277. The molecule has 4 rings (SSSR count). The molecule has 0 aromatic carbocycles. The van der Waals surface area contributed by atoms with E-state index >= 15 is 0 Å². The lowest BCUT2D eigenvalue weighted by Crippen LogP contribution is -2.48. The first-order valence-electron chi connectivity index (χ1n) is 7.42. The van der Waals surface area contributed by atoms with E-state index in [1.165, 1.54) is 17.6 Å². The first-order chi connectivity index (χ1) is 11.1. The van der Waals surface area contributed by atoms with Crippen LogP contribution in [0.25, 0.3) is 4.96 Å². The van der Waals surface area contributed by atoms with Crippen molar-refractivity contribution >= 4 is 46.1 Å². The van der Waals surface area contributed by atoms with Crippen molar-refractivity contribution in [1.82, 2.24) is 19.7 Å². The monoisotopic (exact) mass is 351 g/mol. The zero-order valence-electron chi connectivity index (χ0n) is 12.2. The number of urea groups is 1. The Kier molecular flexibility index (Phi) is 3.38. The molecule has 9 heteroatoms. The van der Waals surface area contributed by atoms with Gasteiger partial charge in [-0.2, -0.15) is 5.10 Å². The Hall–Kier alpha value is -1.93. The van der Waals surface area contributed by atoms with E-state index in [1.807, 2.05) is 11.6 Å². The van der Waals surface area contributed by atoms with Gasteiger partial charge in [-0.1, -0.05) is 30.9 Å². The molecule has 0 unspecified atom stereocenters. The quantitative estimate of drug-likeness (QED) is 0.667. The SMILES string of the molecule is O=C1NC2(CCCCC2)C(=O)N1/N=C\c1c(Cl)nc2sccn12. The van der Waals surface area contributed by atoms with Crippen molar-refractivity contribution in [2.24, 2.45) is 5.10 Å². The summed E-state index contributed by atoms with van der Waals surface area (Å²) in [5.41, 5.74) is -0.223. The molecule has 2 fully saturated rings. The summed E-state index contributed by atoms with van der Waals surface area (Å²) in [6, 6.07) is -0.477. The van der Waals surface area contributed by atoms with Crippen LogP contribution in [0.3, 0.4) is 0 Å². The molecule has 2 aromatic heterocycles. The van der Waals surface area contributed by atoms with Gasteiger partial charge in [-0.25, -0.2) is 9.78 Å². The number of carbonyl (C=O) groups is 2. The molecule has 2 aromatic rings. The van der Waals surface area contributed by atoms with Gasteiger partial charge in [0.15, 0.2) is 10.1 Å². The second-order valence-electron chi connectivity index (χ2n) is 5.78. The number of fused-ring (bicyclic) bond motifs is 1. The minimum atomic E-state index is -0.772. The highest BCUT2D eigenvalue weighted by Crippen LogP contribution is 2.33. The molecule has 120 valence electrons. The fraction of sp³-hybridized carbons (Fsp3) is 0.429. The van der Waals surface area contributed by atoms with E-state index in [1.54, 1.807) is 4.40 Å². The van der Waals surface area contributed by atoms with Gasteiger partial charge in [-0.05, 0) is 12.8 Å². The molecular weight excluding hydrogens is 338 g/mol. The Bertz CT molecular complexity index is 820. The van der Waals surface area contributed by atoms with Crippen LogP contribution in [0.15, 0.2) is 16.7 Å². The summed E-state index contributed by atoms with van der Waals surface area (Å²) in [7, 11) is 0. The maximum absolute atomic E-state index is 12.6. The standard InChI is InChI=1S/C14H14ClN5O2S/c15-10-9(19-6-7-23-13(19)17-10)8-16-20-11(21)14(18-12(20)22)4-2-1-3-5-14/h6-8H,1-5H2,(H,18,22)/b16-8-. The summed E-state index contributed by atoms with van der Waals surface area (Å²) in [4.78, 5) is 29.7. The van der Waals surface area contributed by atoms with Crippen LogP contribution in [-0.4, -0.2) is 38.1 Å². The zero-order valence-corrected chi connectivity index (χ0v) is 13.7. The maximum Gasteiger partial charge on any atom is 0.346 e. The first kappa shape index (κ1) is 14.6. The number of halogens is 1. The summed E-state index contributed by atoms with van der Waals surface area (Å²) >= 11 is 7.53. The molecule has 3 amide bonds. The number of aromatic nitrogens is 2. The van der Waals surface area contributed by atoms with Crippen molar-refractivity contribution in [3.05, 3.63) is 22.4 Å². The average molecular weight is 352 g/mol.